The van der Waals surface area contributed by atoms with Gasteiger partial charge in [-0.1, -0.05) is 6.42 Å². The average Bonchev–Trinajstić information content (AvgIpc) is 2.28. The molecule has 0 aromatic rings. The largest absolute Gasteiger partial charge is 0.481 e. The van der Waals surface area contributed by atoms with Crippen LogP contribution in [0.3, 0.4) is 0 Å². The van der Waals surface area contributed by atoms with Gasteiger partial charge < -0.3 is 10.4 Å². The Morgan fingerprint density at radius 1 is 1.32 bits per heavy atom. The SMILES string of the molecule is CC(C)(CCNC1CCCC(C(F)(F)F)C1)C(=O)O. The normalized spacial score (nSPS) is 25.3. The van der Waals surface area contributed by atoms with E-state index < -0.39 is 23.5 Å². The first-order valence-electron chi connectivity index (χ1n) is 6.66. The maximum Gasteiger partial charge on any atom is 0.391 e. The Balaban J connectivity index is 2.36. The third-order valence-corrected chi connectivity index (χ3v) is 3.90. The quantitative estimate of drug-likeness (QED) is 0.813. The number of carboxylic acid groups (broad SMARTS) is 1. The van der Waals surface area contributed by atoms with Crippen molar-refractivity contribution in [3.05, 3.63) is 0 Å². The molecule has 0 aromatic carbocycles. The Morgan fingerprint density at radius 2 is 1.95 bits per heavy atom. The molecule has 0 amide bonds. The van der Waals surface area contributed by atoms with Crippen molar-refractivity contribution < 1.29 is 23.1 Å². The van der Waals surface area contributed by atoms with Crippen LogP contribution in [0.5, 0.6) is 0 Å². The van der Waals surface area contributed by atoms with Gasteiger partial charge in [-0.25, -0.2) is 0 Å². The molecule has 2 N–H and O–H groups in total. The van der Waals surface area contributed by atoms with Crippen molar-refractivity contribution in [1.82, 2.24) is 5.32 Å². The lowest BCUT2D eigenvalue weighted by Crippen LogP contribution is -2.40. The average molecular weight is 281 g/mol. The van der Waals surface area contributed by atoms with E-state index in [1.165, 1.54) is 0 Å². The van der Waals surface area contributed by atoms with Gasteiger partial charge in [0.25, 0.3) is 0 Å². The molecule has 0 bridgehead atoms. The van der Waals surface area contributed by atoms with Crippen LogP contribution in [0.2, 0.25) is 0 Å². The first-order valence-corrected chi connectivity index (χ1v) is 6.66. The lowest BCUT2D eigenvalue weighted by Gasteiger charge is -2.31. The van der Waals surface area contributed by atoms with Gasteiger partial charge >= 0.3 is 12.1 Å². The highest BCUT2D eigenvalue weighted by atomic mass is 19.4. The highest BCUT2D eigenvalue weighted by Gasteiger charge is 2.42. The second kappa shape index (κ2) is 6.11. The molecule has 0 saturated heterocycles. The summed E-state index contributed by atoms with van der Waals surface area (Å²) in [5, 5.41) is 12.0. The summed E-state index contributed by atoms with van der Waals surface area (Å²) in [6, 6.07) is -0.148. The minimum atomic E-state index is -4.11. The van der Waals surface area contributed by atoms with Crippen molar-refractivity contribution in [2.24, 2.45) is 11.3 Å². The van der Waals surface area contributed by atoms with Gasteiger partial charge in [-0.05, 0) is 46.1 Å². The van der Waals surface area contributed by atoms with E-state index in [4.69, 9.17) is 5.11 Å². The van der Waals surface area contributed by atoms with Crippen LogP contribution in [-0.4, -0.2) is 29.8 Å². The van der Waals surface area contributed by atoms with Crippen LogP contribution in [0.4, 0.5) is 13.2 Å². The summed E-state index contributed by atoms with van der Waals surface area (Å²) in [5.41, 5.74) is -0.842. The molecule has 0 heterocycles. The van der Waals surface area contributed by atoms with E-state index >= 15 is 0 Å². The Labute approximate surface area is 111 Å². The minimum absolute atomic E-state index is 0.108. The second-order valence-corrected chi connectivity index (χ2v) is 6.00. The summed E-state index contributed by atoms with van der Waals surface area (Å²) >= 11 is 0. The smallest absolute Gasteiger partial charge is 0.391 e. The van der Waals surface area contributed by atoms with Gasteiger partial charge in [0.15, 0.2) is 0 Å². The molecule has 3 nitrogen and oxygen atoms in total. The number of hydrogen-bond donors (Lipinski definition) is 2. The van der Waals surface area contributed by atoms with Crippen LogP contribution >= 0.6 is 0 Å². The lowest BCUT2D eigenvalue weighted by atomic mass is 9.84. The Bertz CT molecular complexity index is 316. The number of aliphatic carboxylic acids is 1. The Kier molecular flexibility index (Phi) is 5.24. The van der Waals surface area contributed by atoms with Gasteiger partial charge in [-0.3, -0.25) is 4.79 Å². The second-order valence-electron chi connectivity index (χ2n) is 6.00. The number of carbonyl (C=O) groups is 1. The van der Waals surface area contributed by atoms with Gasteiger partial charge in [-0.15, -0.1) is 0 Å². The molecule has 1 rings (SSSR count). The van der Waals surface area contributed by atoms with E-state index in [9.17, 15) is 18.0 Å². The van der Waals surface area contributed by atoms with Gasteiger partial charge in [0, 0.05) is 6.04 Å². The molecule has 0 aliphatic heterocycles. The van der Waals surface area contributed by atoms with Gasteiger partial charge in [0.2, 0.25) is 0 Å². The van der Waals surface area contributed by atoms with Crippen LogP contribution in [-0.2, 0) is 4.79 Å². The Hall–Kier alpha value is -0.780. The lowest BCUT2D eigenvalue weighted by molar-refractivity contribution is -0.183. The zero-order valence-corrected chi connectivity index (χ0v) is 11.4. The monoisotopic (exact) mass is 281 g/mol. The fraction of sp³-hybridized carbons (Fsp3) is 0.923. The summed E-state index contributed by atoms with van der Waals surface area (Å²) in [4.78, 5) is 10.9. The van der Waals surface area contributed by atoms with Crippen molar-refractivity contribution in [2.75, 3.05) is 6.54 Å². The standard InChI is InChI=1S/C13H22F3NO2/c1-12(2,11(18)19)6-7-17-10-5-3-4-9(8-10)13(14,15)16/h9-10,17H,3-8H2,1-2H3,(H,18,19). The van der Waals surface area contributed by atoms with E-state index in [2.05, 4.69) is 5.32 Å². The third kappa shape index (κ3) is 5.01. The van der Waals surface area contributed by atoms with Crippen molar-refractivity contribution >= 4 is 5.97 Å². The molecule has 2 atom stereocenters. The molecular weight excluding hydrogens is 259 g/mol. The van der Waals surface area contributed by atoms with Crippen molar-refractivity contribution in [3.8, 4) is 0 Å². The topological polar surface area (TPSA) is 49.3 Å². The molecule has 1 fully saturated rings. The minimum Gasteiger partial charge on any atom is -0.481 e. The predicted octanol–water partition coefficient (Wildman–Crippen LogP) is 3.20. The van der Waals surface area contributed by atoms with E-state index in [1.54, 1.807) is 13.8 Å². The van der Waals surface area contributed by atoms with Crippen LogP contribution in [0.1, 0.15) is 46.0 Å². The number of halogens is 3. The molecule has 112 valence electrons. The molecule has 1 saturated carbocycles. The molecule has 0 radical (unpaired) electrons. The van der Waals surface area contributed by atoms with Gasteiger partial charge in [0.05, 0.1) is 11.3 Å². The first kappa shape index (κ1) is 16.3. The molecule has 2 unspecified atom stereocenters. The maximum absolute atomic E-state index is 12.6. The molecule has 19 heavy (non-hydrogen) atoms. The van der Waals surface area contributed by atoms with E-state index in [1.807, 2.05) is 0 Å². The molecule has 0 aromatic heterocycles. The molecule has 1 aliphatic carbocycles. The number of rotatable bonds is 5. The summed E-state index contributed by atoms with van der Waals surface area (Å²) in [6.45, 7) is 3.68. The van der Waals surface area contributed by atoms with Crippen molar-refractivity contribution in [1.29, 1.82) is 0 Å². The molecular formula is C13H22F3NO2. The third-order valence-electron chi connectivity index (χ3n) is 3.90. The van der Waals surface area contributed by atoms with Crippen LogP contribution in [0, 0.1) is 11.3 Å². The van der Waals surface area contributed by atoms with Crippen LogP contribution in [0.15, 0.2) is 0 Å². The summed E-state index contributed by atoms with van der Waals surface area (Å²) < 4.78 is 37.9. The number of hydrogen-bond acceptors (Lipinski definition) is 2. The maximum atomic E-state index is 12.6. The summed E-state index contributed by atoms with van der Waals surface area (Å²) in [6.07, 6.45) is -2.07. The van der Waals surface area contributed by atoms with E-state index in [0.29, 0.717) is 19.4 Å². The van der Waals surface area contributed by atoms with E-state index in [-0.39, 0.29) is 18.9 Å². The van der Waals surface area contributed by atoms with Crippen LogP contribution in [0.25, 0.3) is 0 Å². The number of carboxylic acids is 1. The Morgan fingerprint density at radius 3 is 2.47 bits per heavy atom. The number of alkyl halides is 3. The first-order chi connectivity index (χ1) is 8.63. The molecule has 0 spiro atoms. The highest BCUT2D eigenvalue weighted by molar-refractivity contribution is 5.73. The highest BCUT2D eigenvalue weighted by Crippen LogP contribution is 2.37. The summed E-state index contributed by atoms with van der Waals surface area (Å²) in [5.74, 6) is -2.10. The predicted molar refractivity (Wildman–Crippen MR) is 65.8 cm³/mol. The fourth-order valence-electron chi connectivity index (χ4n) is 2.37. The van der Waals surface area contributed by atoms with Gasteiger partial charge in [-0.2, -0.15) is 13.2 Å². The molecule has 6 heteroatoms. The van der Waals surface area contributed by atoms with Crippen molar-refractivity contribution in [3.63, 3.8) is 0 Å². The fourth-order valence-corrected chi connectivity index (χ4v) is 2.37. The van der Waals surface area contributed by atoms with E-state index in [0.717, 1.165) is 6.42 Å². The van der Waals surface area contributed by atoms with Crippen LogP contribution < -0.4 is 5.32 Å². The molecule has 1 aliphatic rings. The zero-order chi connectivity index (χ0) is 14.7. The zero-order valence-electron chi connectivity index (χ0n) is 11.4. The van der Waals surface area contributed by atoms with Crippen molar-refractivity contribution in [2.45, 2.75) is 58.2 Å². The number of nitrogens with one attached hydrogen (secondary N) is 1. The van der Waals surface area contributed by atoms with Gasteiger partial charge in [0.1, 0.15) is 0 Å². The summed E-state index contributed by atoms with van der Waals surface area (Å²) in [7, 11) is 0.